The minimum Gasteiger partial charge on any atom is -0.368 e. The van der Waals surface area contributed by atoms with Gasteiger partial charge >= 0.3 is 0 Å². The Balaban J connectivity index is 1.90. The highest BCUT2D eigenvalue weighted by Gasteiger charge is 2.14. The molecule has 2 heterocycles. The molecule has 0 aliphatic heterocycles. The highest BCUT2D eigenvalue weighted by molar-refractivity contribution is 5.80. The molecule has 2 rings (SSSR count). The van der Waals surface area contributed by atoms with Crippen molar-refractivity contribution >= 4 is 11.6 Å². The van der Waals surface area contributed by atoms with Crippen LogP contribution < -0.4 is 5.32 Å². The van der Waals surface area contributed by atoms with Gasteiger partial charge in [-0.3, -0.25) is 9.20 Å². The summed E-state index contributed by atoms with van der Waals surface area (Å²) in [6.07, 6.45) is 1.41. The third-order valence-electron chi connectivity index (χ3n) is 2.85. The number of carbonyl (C=O) groups excluding carboxylic acids is 1. The molecule has 6 nitrogen and oxygen atoms in total. The summed E-state index contributed by atoms with van der Waals surface area (Å²) in [5.74, 6) is 0.967. The molecule has 0 bridgehead atoms. The van der Waals surface area contributed by atoms with Gasteiger partial charge in [-0.15, -0.1) is 10.2 Å². The minimum absolute atomic E-state index is 0.140. The van der Waals surface area contributed by atoms with Crippen molar-refractivity contribution in [1.82, 2.24) is 19.9 Å². The lowest BCUT2D eigenvalue weighted by atomic mass is 10.2. The number of rotatable bonds is 6. The fraction of sp³-hybridized carbons (Fsp3) is 0.500. The molecule has 0 unspecified atom stereocenters. The predicted octanol–water partition coefficient (Wildman–Crippen LogP) is 1.41. The second-order valence-electron chi connectivity index (χ2n) is 5.13. The van der Waals surface area contributed by atoms with E-state index >= 15 is 0 Å². The van der Waals surface area contributed by atoms with E-state index in [2.05, 4.69) is 15.5 Å². The molecule has 108 valence electrons. The Morgan fingerprint density at radius 3 is 2.90 bits per heavy atom. The summed E-state index contributed by atoms with van der Waals surface area (Å²) in [4.78, 5) is 11.9. The molecular formula is C14H20N4O2. The van der Waals surface area contributed by atoms with Crippen molar-refractivity contribution in [2.24, 2.45) is 5.92 Å². The summed E-state index contributed by atoms with van der Waals surface area (Å²) in [7, 11) is 0. The maximum absolute atomic E-state index is 11.9. The van der Waals surface area contributed by atoms with Crippen LogP contribution in [0.5, 0.6) is 0 Å². The lowest BCUT2D eigenvalue weighted by molar-refractivity contribution is -0.132. The molecule has 0 fully saturated rings. The van der Waals surface area contributed by atoms with Crippen molar-refractivity contribution in [1.29, 1.82) is 0 Å². The highest BCUT2D eigenvalue weighted by Crippen LogP contribution is 2.03. The summed E-state index contributed by atoms with van der Waals surface area (Å²) in [6.45, 7) is 6.75. The van der Waals surface area contributed by atoms with Crippen LogP contribution in [0.15, 0.2) is 24.4 Å². The van der Waals surface area contributed by atoms with Crippen LogP contribution in [0.2, 0.25) is 0 Å². The van der Waals surface area contributed by atoms with Gasteiger partial charge in [-0.25, -0.2) is 0 Å². The van der Waals surface area contributed by atoms with Crippen LogP contribution in [-0.2, 0) is 16.1 Å². The van der Waals surface area contributed by atoms with Crippen LogP contribution in [-0.4, -0.2) is 33.2 Å². The molecule has 1 atom stereocenters. The topological polar surface area (TPSA) is 68.5 Å². The maximum atomic E-state index is 11.9. The first-order valence-corrected chi connectivity index (χ1v) is 6.76. The molecule has 0 aliphatic rings. The third-order valence-corrected chi connectivity index (χ3v) is 2.85. The number of pyridine rings is 1. The van der Waals surface area contributed by atoms with E-state index in [0.29, 0.717) is 24.9 Å². The third kappa shape index (κ3) is 3.54. The second kappa shape index (κ2) is 6.47. The van der Waals surface area contributed by atoms with Crippen LogP contribution in [0.1, 0.15) is 26.6 Å². The van der Waals surface area contributed by atoms with E-state index in [1.807, 2.05) is 42.6 Å². The number of fused-ring (bicyclic) bond motifs is 1. The van der Waals surface area contributed by atoms with Gasteiger partial charge in [0, 0.05) is 12.8 Å². The largest absolute Gasteiger partial charge is 0.368 e. The summed E-state index contributed by atoms with van der Waals surface area (Å²) < 4.78 is 7.31. The first-order chi connectivity index (χ1) is 9.58. The molecule has 0 spiro atoms. The lowest BCUT2D eigenvalue weighted by Crippen LogP contribution is -2.35. The van der Waals surface area contributed by atoms with Gasteiger partial charge in [-0.2, -0.15) is 0 Å². The Bertz CT molecular complexity index is 579. The Kier molecular flexibility index (Phi) is 4.68. The second-order valence-corrected chi connectivity index (χ2v) is 5.13. The quantitative estimate of drug-likeness (QED) is 0.866. The number of nitrogens with one attached hydrogen (secondary N) is 1. The molecule has 20 heavy (non-hydrogen) atoms. The Hall–Kier alpha value is -1.95. The smallest absolute Gasteiger partial charge is 0.249 e. The van der Waals surface area contributed by atoms with Crippen LogP contribution in [0, 0.1) is 5.92 Å². The van der Waals surface area contributed by atoms with Crippen molar-refractivity contribution in [3.8, 4) is 0 Å². The number of aromatic nitrogens is 3. The fourth-order valence-electron chi connectivity index (χ4n) is 1.73. The molecule has 0 aliphatic carbocycles. The van der Waals surface area contributed by atoms with E-state index in [-0.39, 0.29) is 5.91 Å². The van der Waals surface area contributed by atoms with E-state index in [9.17, 15) is 4.79 Å². The van der Waals surface area contributed by atoms with E-state index in [0.717, 1.165) is 5.65 Å². The van der Waals surface area contributed by atoms with Crippen molar-refractivity contribution < 1.29 is 9.53 Å². The molecule has 0 aromatic carbocycles. The van der Waals surface area contributed by atoms with Crippen LogP contribution in [0.3, 0.4) is 0 Å². The summed E-state index contributed by atoms with van der Waals surface area (Å²) in [5.41, 5.74) is 0.765. The van der Waals surface area contributed by atoms with E-state index < -0.39 is 6.10 Å². The molecule has 2 aromatic heterocycles. The SMILES string of the molecule is CC(C)CO[C@H](C)C(=O)NCc1nnc2ccccn12. The van der Waals surface area contributed by atoms with Crippen molar-refractivity contribution in [2.75, 3.05) is 6.61 Å². The van der Waals surface area contributed by atoms with Gasteiger partial charge in [0.2, 0.25) is 5.91 Å². The number of ether oxygens (including phenoxy) is 1. The van der Waals surface area contributed by atoms with Gasteiger partial charge in [0.25, 0.3) is 0 Å². The zero-order chi connectivity index (χ0) is 14.5. The van der Waals surface area contributed by atoms with Gasteiger partial charge < -0.3 is 10.1 Å². The van der Waals surface area contributed by atoms with Crippen molar-refractivity contribution in [3.05, 3.63) is 30.2 Å². The van der Waals surface area contributed by atoms with E-state index in [4.69, 9.17) is 4.74 Å². The standard InChI is InChI=1S/C14H20N4O2/c1-10(2)9-20-11(3)14(19)15-8-13-17-16-12-6-4-5-7-18(12)13/h4-7,10-11H,8-9H2,1-3H3,(H,15,19)/t11-/m1/s1. The van der Waals surface area contributed by atoms with Gasteiger partial charge in [0.05, 0.1) is 6.54 Å². The normalized spacial score (nSPS) is 12.8. The molecule has 1 N–H and O–H groups in total. The number of hydrogen-bond donors (Lipinski definition) is 1. The summed E-state index contributed by atoms with van der Waals surface area (Å²) >= 11 is 0. The molecule has 0 saturated heterocycles. The zero-order valence-corrected chi connectivity index (χ0v) is 12.0. The lowest BCUT2D eigenvalue weighted by Gasteiger charge is -2.14. The van der Waals surface area contributed by atoms with Crippen LogP contribution in [0.4, 0.5) is 0 Å². The number of amides is 1. The van der Waals surface area contributed by atoms with E-state index in [1.165, 1.54) is 0 Å². The molecule has 0 saturated carbocycles. The maximum Gasteiger partial charge on any atom is 0.249 e. The minimum atomic E-state index is -0.461. The van der Waals surface area contributed by atoms with Crippen molar-refractivity contribution in [3.63, 3.8) is 0 Å². The van der Waals surface area contributed by atoms with Crippen LogP contribution in [0.25, 0.3) is 5.65 Å². The first kappa shape index (κ1) is 14.5. The molecular weight excluding hydrogens is 256 g/mol. The molecule has 6 heteroatoms. The monoisotopic (exact) mass is 276 g/mol. The fourth-order valence-corrected chi connectivity index (χ4v) is 1.73. The average Bonchev–Trinajstić information content (AvgIpc) is 2.85. The summed E-state index contributed by atoms with van der Waals surface area (Å²) in [5, 5.41) is 10.9. The highest BCUT2D eigenvalue weighted by atomic mass is 16.5. The molecule has 0 radical (unpaired) electrons. The average molecular weight is 276 g/mol. The predicted molar refractivity (Wildman–Crippen MR) is 75.1 cm³/mol. The number of hydrogen-bond acceptors (Lipinski definition) is 4. The van der Waals surface area contributed by atoms with Crippen molar-refractivity contribution in [2.45, 2.75) is 33.4 Å². The Labute approximate surface area is 118 Å². The number of nitrogens with zero attached hydrogens (tertiary/aromatic N) is 3. The van der Waals surface area contributed by atoms with Gasteiger partial charge in [-0.1, -0.05) is 19.9 Å². The molecule has 1 amide bonds. The Morgan fingerprint density at radius 1 is 1.35 bits per heavy atom. The molecule has 2 aromatic rings. The summed E-state index contributed by atoms with van der Waals surface area (Å²) in [6, 6.07) is 5.66. The van der Waals surface area contributed by atoms with Gasteiger partial charge in [-0.05, 0) is 25.0 Å². The number of carbonyl (C=O) groups is 1. The van der Waals surface area contributed by atoms with E-state index in [1.54, 1.807) is 6.92 Å². The zero-order valence-electron chi connectivity index (χ0n) is 12.0. The van der Waals surface area contributed by atoms with Gasteiger partial charge in [0.1, 0.15) is 6.10 Å². The first-order valence-electron chi connectivity index (χ1n) is 6.76. The Morgan fingerprint density at radius 2 is 2.15 bits per heavy atom. The van der Waals surface area contributed by atoms with Crippen LogP contribution >= 0.6 is 0 Å². The van der Waals surface area contributed by atoms with Gasteiger partial charge in [0.15, 0.2) is 11.5 Å².